The molecule has 0 heterocycles. The number of likely N-dealkylation sites (N-methyl/N-ethyl adjacent to an activating group) is 1. The monoisotopic (exact) mass is 257 g/mol. The maximum atomic E-state index is 11.9. The predicted molar refractivity (Wildman–Crippen MR) is 55.4 cm³/mol. The van der Waals surface area contributed by atoms with E-state index in [1.807, 2.05) is 0 Å². The van der Waals surface area contributed by atoms with E-state index in [9.17, 15) is 18.0 Å². The summed E-state index contributed by atoms with van der Waals surface area (Å²) in [6.45, 7) is 1.68. The molecule has 2 atom stereocenters. The van der Waals surface area contributed by atoms with Crippen LogP contribution in [0.25, 0.3) is 0 Å². The summed E-state index contributed by atoms with van der Waals surface area (Å²) in [5.41, 5.74) is 0. The molecule has 0 aliphatic heterocycles. The second-order valence-corrected chi connectivity index (χ2v) is 3.97. The summed E-state index contributed by atoms with van der Waals surface area (Å²) in [6.07, 6.45) is -5.77. The minimum absolute atomic E-state index is 0.274. The van der Waals surface area contributed by atoms with Gasteiger partial charge in [0.25, 0.3) is 5.91 Å². The Labute approximate surface area is 98.3 Å². The van der Waals surface area contributed by atoms with Gasteiger partial charge in [0.15, 0.2) is 0 Å². The fraction of sp³-hybridized carbons (Fsp3) is 0.900. The lowest BCUT2D eigenvalue weighted by atomic mass is 10.2. The summed E-state index contributed by atoms with van der Waals surface area (Å²) in [4.78, 5) is 12.8. The molecule has 0 aliphatic rings. The number of halogens is 3. The Morgan fingerprint density at radius 3 is 2.35 bits per heavy atom. The average Bonchev–Trinajstić information content (AvgIpc) is 2.20. The molecule has 0 aromatic rings. The highest BCUT2D eigenvalue weighted by Gasteiger charge is 2.30. The van der Waals surface area contributed by atoms with Crippen LogP contribution in [0.15, 0.2) is 0 Å². The summed E-state index contributed by atoms with van der Waals surface area (Å²) in [5.74, 6) is -0.532. The zero-order valence-electron chi connectivity index (χ0n) is 10.1. The molecular weight excluding hydrogens is 239 g/mol. The molecule has 0 saturated heterocycles. The van der Waals surface area contributed by atoms with Crippen LogP contribution in [0.4, 0.5) is 13.2 Å². The normalized spacial score (nSPS) is 15.5. The van der Waals surface area contributed by atoms with E-state index in [1.54, 1.807) is 6.92 Å². The maximum absolute atomic E-state index is 11.9. The number of rotatable bonds is 6. The van der Waals surface area contributed by atoms with Crippen LogP contribution >= 0.6 is 0 Å². The Balaban J connectivity index is 4.03. The first-order chi connectivity index (χ1) is 7.63. The largest absolute Gasteiger partial charge is 0.411 e. The van der Waals surface area contributed by atoms with Crippen molar-refractivity contribution in [1.82, 2.24) is 4.90 Å². The molecule has 17 heavy (non-hydrogen) atoms. The summed E-state index contributed by atoms with van der Waals surface area (Å²) in [6, 6.07) is 0. The van der Waals surface area contributed by atoms with Crippen molar-refractivity contribution in [1.29, 1.82) is 0 Å². The lowest BCUT2D eigenvalue weighted by Gasteiger charge is -2.22. The van der Waals surface area contributed by atoms with Crippen LogP contribution in [0.5, 0.6) is 0 Å². The van der Waals surface area contributed by atoms with Crippen molar-refractivity contribution in [2.24, 2.45) is 0 Å². The second-order valence-electron chi connectivity index (χ2n) is 3.97. The average molecular weight is 257 g/mol. The lowest BCUT2D eigenvalue weighted by Crippen LogP contribution is -2.39. The van der Waals surface area contributed by atoms with Gasteiger partial charge in [-0.05, 0) is 20.3 Å². The molecule has 0 fully saturated rings. The Kier molecular flexibility index (Phi) is 6.48. The zero-order valence-corrected chi connectivity index (χ0v) is 10.1. The van der Waals surface area contributed by atoms with Gasteiger partial charge in [0.1, 0.15) is 12.7 Å². The van der Waals surface area contributed by atoms with Crippen LogP contribution in [-0.2, 0) is 9.53 Å². The molecule has 0 aromatic carbocycles. The molecule has 7 heteroatoms. The molecule has 4 nitrogen and oxygen atoms in total. The maximum Gasteiger partial charge on any atom is 0.411 e. The highest BCUT2D eigenvalue weighted by atomic mass is 19.4. The highest BCUT2D eigenvalue weighted by Crippen LogP contribution is 2.15. The Hall–Kier alpha value is -0.820. The van der Waals surface area contributed by atoms with Crippen molar-refractivity contribution in [3.8, 4) is 0 Å². The standard InChI is InChI=1S/C10H18F3NO3/c1-7(15)4-5-14(3)9(16)8(2)17-6-10(11,12)13/h7-8,15H,4-6H2,1-3H3. The molecule has 102 valence electrons. The van der Waals surface area contributed by atoms with Crippen LogP contribution in [-0.4, -0.2) is 54.5 Å². The van der Waals surface area contributed by atoms with Gasteiger partial charge in [-0.1, -0.05) is 0 Å². The Morgan fingerprint density at radius 2 is 1.94 bits per heavy atom. The van der Waals surface area contributed by atoms with E-state index in [0.717, 1.165) is 0 Å². The minimum atomic E-state index is -4.44. The smallest absolute Gasteiger partial charge is 0.393 e. The number of aliphatic hydroxyl groups excluding tert-OH is 1. The number of carbonyl (C=O) groups excluding carboxylic acids is 1. The van der Waals surface area contributed by atoms with E-state index in [0.29, 0.717) is 6.42 Å². The zero-order chi connectivity index (χ0) is 13.6. The predicted octanol–water partition coefficient (Wildman–Crippen LogP) is 1.18. The van der Waals surface area contributed by atoms with E-state index in [4.69, 9.17) is 5.11 Å². The summed E-state index contributed by atoms with van der Waals surface area (Å²) in [7, 11) is 1.46. The van der Waals surface area contributed by atoms with E-state index in [2.05, 4.69) is 4.74 Å². The van der Waals surface area contributed by atoms with Gasteiger partial charge in [-0.15, -0.1) is 0 Å². The van der Waals surface area contributed by atoms with Crippen molar-refractivity contribution in [3.05, 3.63) is 0 Å². The molecule has 1 N–H and O–H groups in total. The number of ether oxygens (including phenoxy) is 1. The van der Waals surface area contributed by atoms with Crippen LogP contribution in [0, 0.1) is 0 Å². The summed E-state index contributed by atoms with van der Waals surface area (Å²) >= 11 is 0. The molecule has 0 rings (SSSR count). The van der Waals surface area contributed by atoms with Gasteiger partial charge in [0.05, 0.1) is 6.10 Å². The van der Waals surface area contributed by atoms with E-state index >= 15 is 0 Å². The third kappa shape index (κ3) is 7.98. The van der Waals surface area contributed by atoms with Gasteiger partial charge in [-0.2, -0.15) is 13.2 Å². The Bertz CT molecular complexity index is 243. The molecule has 2 unspecified atom stereocenters. The van der Waals surface area contributed by atoms with Gasteiger partial charge < -0.3 is 14.7 Å². The van der Waals surface area contributed by atoms with E-state index in [1.165, 1.54) is 18.9 Å². The second kappa shape index (κ2) is 6.80. The van der Waals surface area contributed by atoms with Crippen molar-refractivity contribution >= 4 is 5.91 Å². The Morgan fingerprint density at radius 1 is 1.41 bits per heavy atom. The first kappa shape index (κ1) is 16.2. The quantitative estimate of drug-likeness (QED) is 0.777. The third-order valence-corrected chi connectivity index (χ3v) is 2.10. The van der Waals surface area contributed by atoms with Gasteiger partial charge in [0.2, 0.25) is 0 Å². The first-order valence-electron chi connectivity index (χ1n) is 5.25. The number of alkyl halides is 3. The number of aliphatic hydroxyl groups is 1. The van der Waals surface area contributed by atoms with Crippen LogP contribution in [0.3, 0.4) is 0 Å². The molecule has 0 bridgehead atoms. The van der Waals surface area contributed by atoms with Gasteiger partial charge in [-0.3, -0.25) is 4.79 Å². The van der Waals surface area contributed by atoms with Crippen molar-refractivity contribution in [3.63, 3.8) is 0 Å². The summed E-state index contributed by atoms with van der Waals surface area (Å²) < 4.78 is 40.0. The first-order valence-corrected chi connectivity index (χ1v) is 5.25. The molecular formula is C10H18F3NO3. The SMILES string of the molecule is CC(O)CCN(C)C(=O)C(C)OCC(F)(F)F. The number of amides is 1. The topological polar surface area (TPSA) is 49.8 Å². The van der Waals surface area contributed by atoms with E-state index < -0.39 is 30.9 Å². The van der Waals surface area contributed by atoms with Gasteiger partial charge >= 0.3 is 6.18 Å². The minimum Gasteiger partial charge on any atom is -0.393 e. The van der Waals surface area contributed by atoms with Crippen LogP contribution < -0.4 is 0 Å². The molecule has 0 radical (unpaired) electrons. The fourth-order valence-electron chi connectivity index (χ4n) is 1.09. The summed E-state index contributed by atoms with van der Waals surface area (Å²) in [5, 5.41) is 9.01. The molecule has 0 aromatic heterocycles. The van der Waals surface area contributed by atoms with E-state index in [-0.39, 0.29) is 6.54 Å². The fourth-order valence-corrected chi connectivity index (χ4v) is 1.09. The van der Waals surface area contributed by atoms with Crippen LogP contribution in [0.2, 0.25) is 0 Å². The van der Waals surface area contributed by atoms with Gasteiger partial charge in [-0.25, -0.2) is 0 Å². The van der Waals surface area contributed by atoms with Gasteiger partial charge in [0, 0.05) is 13.6 Å². The van der Waals surface area contributed by atoms with Crippen LogP contribution in [0.1, 0.15) is 20.3 Å². The lowest BCUT2D eigenvalue weighted by molar-refractivity contribution is -0.188. The number of carbonyl (C=O) groups is 1. The van der Waals surface area contributed by atoms with Crippen molar-refractivity contribution < 1.29 is 27.8 Å². The van der Waals surface area contributed by atoms with Crippen molar-refractivity contribution in [2.75, 3.05) is 20.2 Å². The number of nitrogens with zero attached hydrogens (tertiary/aromatic N) is 1. The molecule has 0 spiro atoms. The number of hydrogen-bond acceptors (Lipinski definition) is 3. The number of hydrogen-bond donors (Lipinski definition) is 1. The molecule has 0 aliphatic carbocycles. The highest BCUT2D eigenvalue weighted by molar-refractivity contribution is 5.80. The third-order valence-electron chi connectivity index (χ3n) is 2.10. The molecule has 0 saturated carbocycles. The van der Waals surface area contributed by atoms with Crippen molar-refractivity contribution in [2.45, 2.75) is 38.7 Å². The molecule has 1 amide bonds.